The van der Waals surface area contributed by atoms with Gasteiger partial charge in [-0.2, -0.15) is 0 Å². The molecule has 0 aromatic heterocycles. The van der Waals surface area contributed by atoms with Gasteiger partial charge in [-0.1, -0.05) is 54.9 Å². The molecule has 6 nitrogen and oxygen atoms in total. The first-order chi connectivity index (χ1) is 12.9. The van der Waals surface area contributed by atoms with Gasteiger partial charge in [-0.3, -0.25) is 14.5 Å². The molecule has 27 heavy (non-hydrogen) atoms. The Balaban J connectivity index is 1.78. The molecule has 2 aromatic rings. The third-order valence-electron chi connectivity index (χ3n) is 4.67. The van der Waals surface area contributed by atoms with E-state index in [2.05, 4.69) is 10.6 Å². The molecule has 1 atom stereocenters. The van der Waals surface area contributed by atoms with Gasteiger partial charge in [0, 0.05) is 0 Å². The molecule has 1 unspecified atom stereocenters. The molecule has 1 aliphatic heterocycles. The van der Waals surface area contributed by atoms with Crippen LogP contribution in [0.25, 0.3) is 0 Å². The van der Waals surface area contributed by atoms with E-state index < -0.39 is 23.4 Å². The maximum Gasteiger partial charge on any atom is 0.325 e. The minimum atomic E-state index is -1.15. The van der Waals surface area contributed by atoms with Gasteiger partial charge in [0.25, 0.3) is 5.91 Å². The molecule has 1 saturated heterocycles. The fourth-order valence-electron chi connectivity index (χ4n) is 3.19. The van der Waals surface area contributed by atoms with Crippen LogP contribution in [0.1, 0.15) is 24.5 Å². The van der Waals surface area contributed by atoms with Crippen molar-refractivity contribution in [3.05, 3.63) is 64.7 Å². The van der Waals surface area contributed by atoms with Crippen molar-refractivity contribution in [1.29, 1.82) is 0 Å². The SMILES string of the molecule is CCC1(c2ccccc2)NC(=O)N(CC(=O)Nc2ccc(C)cc2Cl)C1=O. The second-order valence-electron chi connectivity index (χ2n) is 6.48. The molecule has 3 rings (SSSR count). The van der Waals surface area contributed by atoms with Gasteiger partial charge in [-0.25, -0.2) is 4.79 Å². The molecule has 0 saturated carbocycles. The number of aryl methyl sites for hydroxylation is 1. The van der Waals surface area contributed by atoms with Crippen molar-refractivity contribution in [3.63, 3.8) is 0 Å². The zero-order chi connectivity index (χ0) is 19.6. The van der Waals surface area contributed by atoms with Crippen LogP contribution in [-0.4, -0.2) is 29.3 Å². The normalized spacial score (nSPS) is 19.1. The number of carbonyl (C=O) groups excluding carboxylic acids is 3. The van der Waals surface area contributed by atoms with Crippen LogP contribution in [0.2, 0.25) is 5.02 Å². The Bertz CT molecular complexity index is 901. The number of anilines is 1. The number of benzene rings is 2. The Morgan fingerprint density at radius 1 is 1.19 bits per heavy atom. The van der Waals surface area contributed by atoms with E-state index in [0.29, 0.717) is 22.7 Å². The number of nitrogens with zero attached hydrogens (tertiary/aromatic N) is 1. The van der Waals surface area contributed by atoms with Gasteiger partial charge >= 0.3 is 6.03 Å². The number of hydrogen-bond acceptors (Lipinski definition) is 3. The first-order valence-electron chi connectivity index (χ1n) is 8.63. The smallest absolute Gasteiger partial charge is 0.323 e. The number of amides is 4. The fourth-order valence-corrected chi connectivity index (χ4v) is 3.47. The van der Waals surface area contributed by atoms with Crippen LogP contribution in [-0.2, 0) is 15.1 Å². The summed E-state index contributed by atoms with van der Waals surface area (Å²) in [7, 11) is 0. The molecular formula is C20H20ClN3O3. The largest absolute Gasteiger partial charge is 0.325 e. The quantitative estimate of drug-likeness (QED) is 0.774. The zero-order valence-electron chi connectivity index (χ0n) is 15.1. The van der Waals surface area contributed by atoms with Crippen LogP contribution in [0.3, 0.4) is 0 Å². The van der Waals surface area contributed by atoms with E-state index in [9.17, 15) is 14.4 Å². The summed E-state index contributed by atoms with van der Waals surface area (Å²) in [6.45, 7) is 3.32. The highest BCUT2D eigenvalue weighted by atomic mass is 35.5. The summed E-state index contributed by atoms with van der Waals surface area (Å²) in [5, 5.41) is 5.79. The number of carbonyl (C=O) groups is 3. The molecule has 2 aromatic carbocycles. The number of nitrogens with one attached hydrogen (secondary N) is 2. The van der Waals surface area contributed by atoms with Crippen molar-refractivity contribution >= 4 is 35.1 Å². The number of urea groups is 1. The average Bonchev–Trinajstić information content (AvgIpc) is 2.90. The lowest BCUT2D eigenvalue weighted by molar-refractivity contribution is -0.134. The number of halogens is 1. The van der Waals surface area contributed by atoms with E-state index in [1.165, 1.54) is 0 Å². The van der Waals surface area contributed by atoms with Crippen LogP contribution in [0.4, 0.5) is 10.5 Å². The Hall–Kier alpha value is -2.86. The van der Waals surface area contributed by atoms with E-state index in [-0.39, 0.29) is 6.54 Å². The van der Waals surface area contributed by atoms with E-state index in [1.807, 2.05) is 26.0 Å². The topological polar surface area (TPSA) is 78.5 Å². The predicted octanol–water partition coefficient (Wildman–Crippen LogP) is 3.44. The lowest BCUT2D eigenvalue weighted by atomic mass is 9.87. The van der Waals surface area contributed by atoms with Gasteiger partial charge in [0.05, 0.1) is 10.7 Å². The van der Waals surface area contributed by atoms with E-state index >= 15 is 0 Å². The maximum atomic E-state index is 13.0. The molecular weight excluding hydrogens is 366 g/mol. The van der Waals surface area contributed by atoms with Gasteiger partial charge in [0.15, 0.2) is 0 Å². The molecule has 7 heteroatoms. The summed E-state index contributed by atoms with van der Waals surface area (Å²) in [5.74, 6) is -0.935. The van der Waals surface area contributed by atoms with Crippen molar-refractivity contribution in [2.75, 3.05) is 11.9 Å². The molecule has 1 aliphatic rings. The third kappa shape index (κ3) is 3.53. The number of rotatable bonds is 5. The highest BCUT2D eigenvalue weighted by Crippen LogP contribution is 2.32. The van der Waals surface area contributed by atoms with Gasteiger partial charge in [0.2, 0.25) is 5.91 Å². The third-order valence-corrected chi connectivity index (χ3v) is 4.99. The molecule has 0 spiro atoms. The summed E-state index contributed by atoms with van der Waals surface area (Å²) in [6.07, 6.45) is 0.378. The Morgan fingerprint density at radius 3 is 2.52 bits per heavy atom. The summed E-state index contributed by atoms with van der Waals surface area (Å²) in [4.78, 5) is 38.8. The van der Waals surface area contributed by atoms with Crippen molar-refractivity contribution in [1.82, 2.24) is 10.2 Å². The van der Waals surface area contributed by atoms with Crippen molar-refractivity contribution < 1.29 is 14.4 Å². The molecule has 1 fully saturated rings. The molecule has 0 aliphatic carbocycles. The summed E-state index contributed by atoms with van der Waals surface area (Å²) in [6, 6.07) is 13.7. The van der Waals surface area contributed by atoms with E-state index in [0.717, 1.165) is 10.5 Å². The molecule has 1 heterocycles. The van der Waals surface area contributed by atoms with Crippen molar-refractivity contribution in [2.24, 2.45) is 0 Å². The molecule has 2 N–H and O–H groups in total. The highest BCUT2D eigenvalue weighted by Gasteiger charge is 2.51. The number of imide groups is 1. The molecule has 4 amide bonds. The van der Waals surface area contributed by atoms with Gasteiger partial charge in [-0.05, 0) is 36.6 Å². The van der Waals surface area contributed by atoms with Crippen LogP contribution in [0.5, 0.6) is 0 Å². The monoisotopic (exact) mass is 385 g/mol. The first kappa shape index (κ1) is 18.9. The maximum absolute atomic E-state index is 13.0. The Kier molecular flexibility index (Phi) is 5.19. The lowest BCUT2D eigenvalue weighted by Crippen LogP contribution is -2.44. The molecule has 0 bridgehead atoms. The lowest BCUT2D eigenvalue weighted by Gasteiger charge is -2.25. The molecule has 0 radical (unpaired) electrons. The first-order valence-corrected chi connectivity index (χ1v) is 9.01. The van der Waals surface area contributed by atoms with Gasteiger partial charge in [0.1, 0.15) is 12.1 Å². The molecule has 140 valence electrons. The zero-order valence-corrected chi connectivity index (χ0v) is 15.8. The van der Waals surface area contributed by atoms with E-state index in [4.69, 9.17) is 11.6 Å². The second kappa shape index (κ2) is 7.40. The Morgan fingerprint density at radius 2 is 1.89 bits per heavy atom. The van der Waals surface area contributed by atoms with Crippen molar-refractivity contribution in [3.8, 4) is 0 Å². The van der Waals surface area contributed by atoms with Crippen LogP contribution < -0.4 is 10.6 Å². The van der Waals surface area contributed by atoms with Crippen LogP contribution in [0, 0.1) is 6.92 Å². The van der Waals surface area contributed by atoms with Crippen molar-refractivity contribution in [2.45, 2.75) is 25.8 Å². The Labute approximate surface area is 162 Å². The second-order valence-corrected chi connectivity index (χ2v) is 6.89. The highest BCUT2D eigenvalue weighted by molar-refractivity contribution is 6.33. The predicted molar refractivity (Wildman–Crippen MR) is 103 cm³/mol. The summed E-state index contributed by atoms with van der Waals surface area (Å²) >= 11 is 6.12. The minimum absolute atomic E-state index is 0.378. The van der Waals surface area contributed by atoms with Gasteiger partial charge in [-0.15, -0.1) is 0 Å². The van der Waals surface area contributed by atoms with Crippen LogP contribution in [0.15, 0.2) is 48.5 Å². The fraction of sp³-hybridized carbons (Fsp3) is 0.250. The summed E-state index contributed by atoms with van der Waals surface area (Å²) in [5.41, 5.74) is 0.933. The van der Waals surface area contributed by atoms with Crippen LogP contribution >= 0.6 is 11.6 Å². The minimum Gasteiger partial charge on any atom is -0.323 e. The number of hydrogen-bond donors (Lipinski definition) is 2. The van der Waals surface area contributed by atoms with E-state index in [1.54, 1.807) is 36.4 Å². The average molecular weight is 386 g/mol. The standard InChI is InChI=1S/C20H20ClN3O3/c1-3-20(14-7-5-4-6-8-14)18(26)24(19(27)23-20)12-17(25)22-16-10-9-13(2)11-15(16)21/h4-11H,3,12H2,1-2H3,(H,22,25)(H,23,27). The summed E-state index contributed by atoms with van der Waals surface area (Å²) < 4.78 is 0. The van der Waals surface area contributed by atoms with Gasteiger partial charge < -0.3 is 10.6 Å².